The van der Waals surface area contributed by atoms with Crippen LogP contribution in [0.25, 0.3) is 0 Å². The maximum atomic E-state index is 13.7. The Morgan fingerprint density at radius 2 is 1.85 bits per heavy atom. The van der Waals surface area contributed by atoms with Crippen molar-refractivity contribution in [3.63, 3.8) is 0 Å². The molecule has 0 aliphatic carbocycles. The van der Waals surface area contributed by atoms with E-state index < -0.39 is 5.82 Å². The van der Waals surface area contributed by atoms with Gasteiger partial charge in [0.1, 0.15) is 18.0 Å². The molecule has 2 aromatic carbocycles. The first-order valence-corrected chi connectivity index (χ1v) is 6.14. The van der Waals surface area contributed by atoms with Crippen LogP contribution in [0.1, 0.15) is 16.7 Å². The Bertz CT molecular complexity index is 729. The molecule has 0 unspecified atom stereocenters. The molecule has 5 heteroatoms. The van der Waals surface area contributed by atoms with Gasteiger partial charge in [0.15, 0.2) is 0 Å². The van der Waals surface area contributed by atoms with Crippen LogP contribution in [0.2, 0.25) is 5.02 Å². The molecule has 0 saturated heterocycles. The van der Waals surface area contributed by atoms with Crippen LogP contribution in [0, 0.1) is 28.5 Å². The third kappa shape index (κ3) is 2.88. The zero-order chi connectivity index (χ0) is 14.5. The lowest BCUT2D eigenvalue weighted by Gasteiger charge is -2.09. The molecular weight excluding hydrogens is 277 g/mol. The lowest BCUT2D eigenvalue weighted by Crippen LogP contribution is -2.02. The predicted molar refractivity (Wildman–Crippen MR) is 74.6 cm³/mol. The van der Waals surface area contributed by atoms with Crippen LogP contribution in [-0.4, -0.2) is 0 Å². The molecule has 98 valence electrons. The molecule has 0 amide bonds. The standard InChI is InChI=1S/C15H9ClFN3/c16-14-3-1-2-11(15(14)17)9-20-13-5-4-10(7-18)12(6-13)8-19/h1-6,20H,9H2. The monoisotopic (exact) mass is 285 g/mol. The Morgan fingerprint density at radius 3 is 2.55 bits per heavy atom. The summed E-state index contributed by atoms with van der Waals surface area (Å²) in [6.07, 6.45) is 0. The Morgan fingerprint density at radius 1 is 1.10 bits per heavy atom. The Labute approximate surface area is 120 Å². The molecule has 0 aliphatic heterocycles. The lowest BCUT2D eigenvalue weighted by atomic mass is 10.1. The van der Waals surface area contributed by atoms with Gasteiger partial charge < -0.3 is 5.32 Å². The van der Waals surface area contributed by atoms with Crippen molar-refractivity contribution in [2.75, 3.05) is 5.32 Å². The minimum atomic E-state index is -0.462. The summed E-state index contributed by atoms with van der Waals surface area (Å²) in [5.41, 5.74) is 1.66. The molecule has 2 aromatic rings. The average molecular weight is 286 g/mol. The zero-order valence-electron chi connectivity index (χ0n) is 10.3. The fourth-order valence-corrected chi connectivity index (χ4v) is 1.92. The summed E-state index contributed by atoms with van der Waals surface area (Å²) < 4.78 is 13.7. The molecule has 0 aliphatic rings. The highest BCUT2D eigenvalue weighted by Crippen LogP contribution is 2.20. The predicted octanol–water partition coefficient (Wildman–Crippen LogP) is 3.83. The smallest absolute Gasteiger partial charge is 0.146 e. The van der Waals surface area contributed by atoms with Crippen LogP contribution in [0.4, 0.5) is 10.1 Å². The molecule has 3 nitrogen and oxygen atoms in total. The fourth-order valence-electron chi connectivity index (χ4n) is 1.73. The molecule has 0 bridgehead atoms. The molecule has 20 heavy (non-hydrogen) atoms. The molecule has 2 rings (SSSR count). The fraction of sp³-hybridized carbons (Fsp3) is 0.0667. The SMILES string of the molecule is N#Cc1ccc(NCc2cccc(Cl)c2F)cc1C#N. The van der Waals surface area contributed by atoms with Crippen molar-refractivity contribution in [1.82, 2.24) is 0 Å². The number of hydrogen-bond donors (Lipinski definition) is 1. The van der Waals surface area contributed by atoms with Crippen molar-refractivity contribution in [2.45, 2.75) is 6.54 Å². The maximum Gasteiger partial charge on any atom is 0.146 e. The largest absolute Gasteiger partial charge is 0.381 e. The quantitative estimate of drug-likeness (QED) is 0.932. The molecule has 1 N–H and O–H groups in total. The topological polar surface area (TPSA) is 59.6 Å². The van der Waals surface area contributed by atoms with Crippen LogP contribution in [0.3, 0.4) is 0 Å². The number of nitrogens with one attached hydrogen (secondary N) is 1. The van der Waals surface area contributed by atoms with Crippen molar-refractivity contribution < 1.29 is 4.39 Å². The maximum absolute atomic E-state index is 13.7. The lowest BCUT2D eigenvalue weighted by molar-refractivity contribution is 0.613. The molecule has 0 aromatic heterocycles. The first-order chi connectivity index (χ1) is 9.65. The molecule has 0 heterocycles. The number of nitrogens with zero attached hydrogens (tertiary/aromatic N) is 2. The Kier molecular flexibility index (Phi) is 4.20. The highest BCUT2D eigenvalue weighted by molar-refractivity contribution is 6.30. The molecule has 0 saturated carbocycles. The minimum Gasteiger partial charge on any atom is -0.381 e. The normalized spacial score (nSPS) is 9.60. The van der Waals surface area contributed by atoms with Gasteiger partial charge in [-0.2, -0.15) is 10.5 Å². The third-order valence-electron chi connectivity index (χ3n) is 2.78. The van der Waals surface area contributed by atoms with Gasteiger partial charge >= 0.3 is 0 Å². The number of benzene rings is 2. The second-order valence-corrected chi connectivity index (χ2v) is 4.46. The van der Waals surface area contributed by atoms with Gasteiger partial charge in [0.05, 0.1) is 16.1 Å². The first-order valence-electron chi connectivity index (χ1n) is 5.76. The summed E-state index contributed by atoms with van der Waals surface area (Å²) in [5, 5.41) is 20.8. The van der Waals surface area contributed by atoms with E-state index in [1.165, 1.54) is 6.07 Å². The average Bonchev–Trinajstić information content (AvgIpc) is 2.48. The van der Waals surface area contributed by atoms with Gasteiger partial charge in [-0.05, 0) is 24.3 Å². The highest BCUT2D eigenvalue weighted by atomic mass is 35.5. The van der Waals surface area contributed by atoms with Crippen LogP contribution in [0.5, 0.6) is 0 Å². The Hall–Kier alpha value is -2.56. The third-order valence-corrected chi connectivity index (χ3v) is 3.07. The summed E-state index contributed by atoms with van der Waals surface area (Å²) in [6.45, 7) is 0.239. The number of hydrogen-bond acceptors (Lipinski definition) is 3. The summed E-state index contributed by atoms with van der Waals surface area (Å²) in [6, 6.07) is 13.4. The van der Waals surface area contributed by atoms with Crippen LogP contribution >= 0.6 is 11.6 Å². The number of nitriles is 2. The summed E-state index contributed by atoms with van der Waals surface area (Å²) in [4.78, 5) is 0. The van der Waals surface area contributed by atoms with E-state index in [1.54, 1.807) is 30.3 Å². The van der Waals surface area contributed by atoms with Gasteiger partial charge in [0.25, 0.3) is 0 Å². The van der Waals surface area contributed by atoms with E-state index in [2.05, 4.69) is 5.32 Å². The van der Waals surface area contributed by atoms with Gasteiger partial charge in [-0.25, -0.2) is 4.39 Å². The molecular formula is C15H9ClFN3. The van der Waals surface area contributed by atoms with Gasteiger partial charge in [-0.3, -0.25) is 0 Å². The van der Waals surface area contributed by atoms with Crippen molar-refractivity contribution >= 4 is 17.3 Å². The van der Waals surface area contributed by atoms with Gasteiger partial charge in [-0.15, -0.1) is 0 Å². The van der Waals surface area contributed by atoms with E-state index in [4.69, 9.17) is 22.1 Å². The van der Waals surface area contributed by atoms with Crippen molar-refractivity contribution in [2.24, 2.45) is 0 Å². The van der Waals surface area contributed by atoms with Gasteiger partial charge in [-0.1, -0.05) is 23.7 Å². The number of anilines is 1. The van der Waals surface area contributed by atoms with Crippen LogP contribution < -0.4 is 5.32 Å². The van der Waals surface area contributed by atoms with Crippen molar-refractivity contribution in [3.05, 3.63) is 63.9 Å². The zero-order valence-corrected chi connectivity index (χ0v) is 11.1. The minimum absolute atomic E-state index is 0.0712. The van der Waals surface area contributed by atoms with E-state index in [0.717, 1.165) is 0 Å². The van der Waals surface area contributed by atoms with E-state index >= 15 is 0 Å². The van der Waals surface area contributed by atoms with Crippen molar-refractivity contribution in [1.29, 1.82) is 10.5 Å². The van der Waals surface area contributed by atoms with Gasteiger partial charge in [0, 0.05) is 17.8 Å². The first kappa shape index (κ1) is 13.9. The second kappa shape index (κ2) is 6.06. The van der Waals surface area contributed by atoms with Crippen LogP contribution in [-0.2, 0) is 6.54 Å². The van der Waals surface area contributed by atoms with Gasteiger partial charge in [0.2, 0.25) is 0 Å². The van der Waals surface area contributed by atoms with E-state index in [-0.39, 0.29) is 17.1 Å². The summed E-state index contributed by atoms with van der Waals surface area (Å²) >= 11 is 5.70. The molecule has 0 spiro atoms. The molecule has 0 radical (unpaired) electrons. The molecule has 0 fully saturated rings. The highest BCUT2D eigenvalue weighted by Gasteiger charge is 2.07. The van der Waals surface area contributed by atoms with E-state index in [9.17, 15) is 4.39 Å². The summed E-state index contributed by atoms with van der Waals surface area (Å²) in [7, 11) is 0. The van der Waals surface area contributed by atoms with E-state index in [1.807, 2.05) is 12.1 Å². The summed E-state index contributed by atoms with van der Waals surface area (Å²) in [5.74, 6) is -0.462. The second-order valence-electron chi connectivity index (χ2n) is 4.05. The van der Waals surface area contributed by atoms with E-state index in [0.29, 0.717) is 16.8 Å². The van der Waals surface area contributed by atoms with Crippen molar-refractivity contribution in [3.8, 4) is 12.1 Å². The molecule has 0 atom stereocenters. The number of halogens is 2. The Balaban J connectivity index is 2.18. The number of rotatable bonds is 3. The van der Waals surface area contributed by atoms with Crippen LogP contribution in [0.15, 0.2) is 36.4 Å².